The predicted octanol–water partition coefficient (Wildman–Crippen LogP) is 2.58. The molecule has 1 aliphatic heterocycles. The molecule has 1 amide bonds. The van der Waals surface area contributed by atoms with Crippen LogP contribution in [0.3, 0.4) is 0 Å². The number of rotatable bonds is 3. The number of likely N-dealkylation sites (tertiary alicyclic amines) is 1. The first kappa shape index (κ1) is 16.1. The fourth-order valence-electron chi connectivity index (χ4n) is 3.90. The van der Waals surface area contributed by atoms with E-state index >= 15 is 0 Å². The molecule has 2 rings (SSSR count). The fraction of sp³-hybridized carbons (Fsp3) is 0.875. The first-order chi connectivity index (χ1) is 10.0. The van der Waals surface area contributed by atoms with E-state index in [0.717, 1.165) is 45.2 Å². The van der Waals surface area contributed by atoms with Gasteiger partial charge in [-0.25, -0.2) is 0 Å². The Labute approximate surface area is 127 Å². The van der Waals surface area contributed by atoms with Crippen LogP contribution in [0.5, 0.6) is 0 Å². The van der Waals surface area contributed by atoms with Crippen LogP contribution < -0.4 is 5.73 Å². The van der Waals surface area contributed by atoms with Crippen molar-refractivity contribution in [3.8, 4) is 0 Å². The van der Waals surface area contributed by atoms with Gasteiger partial charge in [-0.2, -0.15) is 0 Å². The van der Waals surface area contributed by atoms with Gasteiger partial charge in [0.25, 0.3) is 0 Å². The molecule has 21 heavy (non-hydrogen) atoms. The SMILES string of the molecule is CC(C)C1CCN(C(=O)C2(C(N)=NO)CCCCC2)CC1. The standard InChI is InChI=1S/C16H29N3O2/c1-12(2)13-6-10-19(11-7-13)15(20)16(14(17)18-21)8-4-3-5-9-16/h12-13,21H,3-11H2,1-2H3,(H2,17,18). The van der Waals surface area contributed by atoms with E-state index in [0.29, 0.717) is 24.7 Å². The molecule has 120 valence electrons. The average Bonchev–Trinajstić information content (AvgIpc) is 2.54. The largest absolute Gasteiger partial charge is 0.409 e. The summed E-state index contributed by atoms with van der Waals surface area (Å²) >= 11 is 0. The summed E-state index contributed by atoms with van der Waals surface area (Å²) in [6, 6.07) is 0. The van der Waals surface area contributed by atoms with E-state index < -0.39 is 5.41 Å². The van der Waals surface area contributed by atoms with Crippen LogP contribution in [0.15, 0.2) is 5.16 Å². The lowest BCUT2D eigenvalue weighted by Gasteiger charge is -2.41. The second-order valence-corrected chi connectivity index (χ2v) is 7.00. The molecule has 0 unspecified atom stereocenters. The highest BCUT2D eigenvalue weighted by atomic mass is 16.4. The Morgan fingerprint density at radius 2 is 1.81 bits per heavy atom. The van der Waals surface area contributed by atoms with Crippen molar-refractivity contribution in [2.24, 2.45) is 28.1 Å². The minimum atomic E-state index is -0.752. The normalized spacial score (nSPS) is 24.3. The Morgan fingerprint density at radius 3 is 2.29 bits per heavy atom. The first-order valence-corrected chi connectivity index (χ1v) is 8.28. The Morgan fingerprint density at radius 1 is 1.24 bits per heavy atom. The van der Waals surface area contributed by atoms with Crippen molar-refractivity contribution in [3.63, 3.8) is 0 Å². The van der Waals surface area contributed by atoms with Crippen LogP contribution in [0.25, 0.3) is 0 Å². The molecule has 1 saturated heterocycles. The molecule has 0 spiro atoms. The predicted molar refractivity (Wildman–Crippen MR) is 83.1 cm³/mol. The van der Waals surface area contributed by atoms with Crippen molar-refractivity contribution >= 4 is 11.7 Å². The molecule has 0 aromatic heterocycles. The van der Waals surface area contributed by atoms with Gasteiger partial charge < -0.3 is 15.8 Å². The topological polar surface area (TPSA) is 78.9 Å². The van der Waals surface area contributed by atoms with Crippen molar-refractivity contribution < 1.29 is 10.0 Å². The van der Waals surface area contributed by atoms with Crippen molar-refractivity contribution in [2.75, 3.05) is 13.1 Å². The number of amidine groups is 1. The van der Waals surface area contributed by atoms with E-state index in [-0.39, 0.29) is 11.7 Å². The molecular weight excluding hydrogens is 266 g/mol. The highest BCUT2D eigenvalue weighted by molar-refractivity contribution is 6.06. The van der Waals surface area contributed by atoms with E-state index in [1.54, 1.807) is 0 Å². The molecule has 2 aliphatic rings. The Balaban J connectivity index is 2.09. The second-order valence-electron chi connectivity index (χ2n) is 7.00. The van der Waals surface area contributed by atoms with E-state index in [9.17, 15) is 4.79 Å². The minimum Gasteiger partial charge on any atom is -0.409 e. The highest BCUT2D eigenvalue weighted by Crippen LogP contribution is 2.39. The number of carbonyl (C=O) groups excluding carboxylic acids is 1. The van der Waals surface area contributed by atoms with E-state index in [1.807, 2.05) is 4.90 Å². The van der Waals surface area contributed by atoms with Gasteiger partial charge in [0.1, 0.15) is 5.41 Å². The summed E-state index contributed by atoms with van der Waals surface area (Å²) in [6.07, 6.45) is 6.64. The number of piperidine rings is 1. The van der Waals surface area contributed by atoms with Crippen LogP contribution in [0.1, 0.15) is 58.8 Å². The smallest absolute Gasteiger partial charge is 0.236 e. The van der Waals surface area contributed by atoms with Crippen LogP contribution in [-0.2, 0) is 4.79 Å². The third-order valence-corrected chi connectivity index (χ3v) is 5.48. The fourth-order valence-corrected chi connectivity index (χ4v) is 3.90. The Kier molecular flexibility index (Phi) is 5.12. The maximum Gasteiger partial charge on any atom is 0.236 e. The van der Waals surface area contributed by atoms with Gasteiger partial charge in [0.05, 0.1) is 0 Å². The van der Waals surface area contributed by atoms with Crippen molar-refractivity contribution in [1.82, 2.24) is 4.90 Å². The molecule has 5 nitrogen and oxygen atoms in total. The maximum absolute atomic E-state index is 13.0. The first-order valence-electron chi connectivity index (χ1n) is 8.28. The van der Waals surface area contributed by atoms with Crippen molar-refractivity contribution in [1.29, 1.82) is 0 Å². The van der Waals surface area contributed by atoms with Gasteiger partial charge in [0, 0.05) is 13.1 Å². The molecule has 0 aromatic carbocycles. The van der Waals surface area contributed by atoms with Crippen LogP contribution in [-0.4, -0.2) is 34.9 Å². The molecule has 0 aromatic rings. The number of nitrogens with zero attached hydrogens (tertiary/aromatic N) is 2. The Bertz CT molecular complexity index is 392. The number of hydrogen-bond donors (Lipinski definition) is 2. The summed E-state index contributed by atoms with van der Waals surface area (Å²) in [5.74, 6) is 1.58. The number of oxime groups is 1. The second kappa shape index (κ2) is 6.67. The molecule has 0 bridgehead atoms. The molecular formula is C16H29N3O2. The number of amides is 1. The Hall–Kier alpha value is -1.26. The van der Waals surface area contributed by atoms with Gasteiger partial charge in [0.2, 0.25) is 5.91 Å². The van der Waals surface area contributed by atoms with Gasteiger partial charge in [0.15, 0.2) is 5.84 Å². The summed E-state index contributed by atoms with van der Waals surface area (Å²) < 4.78 is 0. The van der Waals surface area contributed by atoms with E-state index in [4.69, 9.17) is 10.9 Å². The zero-order valence-electron chi connectivity index (χ0n) is 13.3. The third-order valence-electron chi connectivity index (χ3n) is 5.48. The quantitative estimate of drug-likeness (QED) is 0.363. The van der Waals surface area contributed by atoms with Crippen LogP contribution in [0, 0.1) is 17.3 Å². The lowest BCUT2D eigenvalue weighted by atomic mass is 9.71. The van der Waals surface area contributed by atoms with Crippen molar-refractivity contribution in [2.45, 2.75) is 58.8 Å². The van der Waals surface area contributed by atoms with Crippen LogP contribution in [0.2, 0.25) is 0 Å². The molecule has 0 atom stereocenters. The lowest BCUT2D eigenvalue weighted by Crippen LogP contribution is -2.54. The maximum atomic E-state index is 13.0. The number of nitrogens with two attached hydrogens (primary N) is 1. The van der Waals surface area contributed by atoms with Crippen LogP contribution in [0.4, 0.5) is 0 Å². The van der Waals surface area contributed by atoms with Crippen molar-refractivity contribution in [3.05, 3.63) is 0 Å². The van der Waals surface area contributed by atoms with Crippen LogP contribution >= 0.6 is 0 Å². The number of carbonyl (C=O) groups is 1. The average molecular weight is 295 g/mol. The molecule has 5 heteroatoms. The summed E-state index contributed by atoms with van der Waals surface area (Å²) in [6.45, 7) is 6.12. The van der Waals surface area contributed by atoms with E-state index in [2.05, 4.69) is 19.0 Å². The van der Waals surface area contributed by atoms with Gasteiger partial charge in [-0.1, -0.05) is 38.3 Å². The summed E-state index contributed by atoms with van der Waals surface area (Å²) in [5, 5.41) is 12.3. The summed E-state index contributed by atoms with van der Waals surface area (Å²) in [4.78, 5) is 15.0. The summed E-state index contributed by atoms with van der Waals surface area (Å²) in [5.41, 5.74) is 5.17. The van der Waals surface area contributed by atoms with E-state index in [1.165, 1.54) is 0 Å². The molecule has 1 saturated carbocycles. The van der Waals surface area contributed by atoms with Gasteiger partial charge in [-0.15, -0.1) is 0 Å². The number of hydrogen-bond acceptors (Lipinski definition) is 3. The highest BCUT2D eigenvalue weighted by Gasteiger charge is 2.46. The molecule has 1 heterocycles. The molecule has 0 radical (unpaired) electrons. The molecule has 2 fully saturated rings. The van der Waals surface area contributed by atoms with Gasteiger partial charge in [-0.3, -0.25) is 4.79 Å². The van der Waals surface area contributed by atoms with Gasteiger partial charge in [-0.05, 0) is 37.5 Å². The minimum absolute atomic E-state index is 0.0831. The summed E-state index contributed by atoms with van der Waals surface area (Å²) in [7, 11) is 0. The molecule has 3 N–H and O–H groups in total. The lowest BCUT2D eigenvalue weighted by molar-refractivity contribution is -0.141. The third kappa shape index (κ3) is 3.16. The zero-order valence-corrected chi connectivity index (χ0v) is 13.3. The monoisotopic (exact) mass is 295 g/mol. The zero-order chi connectivity index (χ0) is 15.5. The van der Waals surface area contributed by atoms with Gasteiger partial charge >= 0.3 is 0 Å². The molecule has 1 aliphatic carbocycles.